The van der Waals surface area contributed by atoms with Crippen LogP contribution < -0.4 is 0 Å². The Labute approximate surface area is 296 Å². The molecule has 0 heterocycles. The Kier molecular flexibility index (Phi) is 29.9. The molecule has 0 bridgehead atoms. The summed E-state index contributed by atoms with van der Waals surface area (Å²) in [5.41, 5.74) is 0. The van der Waals surface area contributed by atoms with Gasteiger partial charge in [0, 0.05) is 0 Å². The summed E-state index contributed by atoms with van der Waals surface area (Å²) in [7, 11) is -5.46. The Morgan fingerprint density at radius 2 is 0.812 bits per heavy atom. The summed E-state index contributed by atoms with van der Waals surface area (Å²) in [6.07, 6.45) is 27.9. The number of ketones is 2. The number of carbonyl (C=O) groups is 2. The topological polar surface area (TPSA) is 135 Å². The molecule has 0 aromatic heterocycles. The van der Waals surface area contributed by atoms with Crippen molar-refractivity contribution in [1.29, 1.82) is 0 Å². The van der Waals surface area contributed by atoms with Crippen molar-refractivity contribution in [3.8, 4) is 0 Å². The predicted octanol–water partition coefficient (Wildman–Crippen LogP) is 10.5. The maximum atomic E-state index is 12.9. The molecule has 288 valence electrons. The molecule has 0 aromatic rings. The van der Waals surface area contributed by atoms with Gasteiger partial charge in [-0.3, -0.25) is 0 Å². The van der Waals surface area contributed by atoms with Crippen LogP contribution in [0.1, 0.15) is 213 Å². The van der Waals surface area contributed by atoms with Gasteiger partial charge in [0.15, 0.2) is 0 Å². The summed E-state index contributed by atoms with van der Waals surface area (Å²) in [5.74, 6) is -1.10. The molecular formula is C40H81O7P. The molecular weight excluding hydrogens is 623 g/mol. The number of carbonyl (C=O) groups excluding carboxylic acids is 2. The molecule has 8 heteroatoms. The Bertz CT molecular complexity index is 766. The molecule has 0 radical (unpaired) electrons. The molecule has 3 atom stereocenters. The van der Waals surface area contributed by atoms with Gasteiger partial charge in [-0.2, -0.15) is 0 Å². The number of aliphatic hydroxyl groups excluding tert-OH is 2. The van der Waals surface area contributed by atoms with E-state index in [4.69, 9.17) is 0 Å². The standard InChI is InChI=1S/C40H81O7P/c1-4-7-9-11-13-15-17-19-21-23-25-27-29-31-36(41)33-37(42)34-48(45,46,47)35-40(44)38(6-3)39(43)32-30-28-26-24-22-20-18-16-14-12-10-8-5-2/h37-38,40,42,44-47H,4-35H2,1-3H3. The van der Waals surface area contributed by atoms with E-state index < -0.39 is 37.7 Å². The summed E-state index contributed by atoms with van der Waals surface area (Å²) in [6, 6.07) is 0. The summed E-state index contributed by atoms with van der Waals surface area (Å²) >= 11 is 0. The average Bonchev–Trinajstić information content (AvgIpc) is 3.01. The minimum absolute atomic E-state index is 0.131. The molecule has 0 amide bonds. The first-order valence-corrected chi connectivity index (χ1v) is 23.1. The number of aliphatic hydroxyl groups is 2. The summed E-state index contributed by atoms with van der Waals surface area (Å²) in [4.78, 5) is 57.2. The van der Waals surface area contributed by atoms with Crippen molar-refractivity contribution in [2.75, 3.05) is 12.3 Å². The van der Waals surface area contributed by atoms with E-state index in [9.17, 15) is 34.5 Å². The van der Waals surface area contributed by atoms with Crippen LogP contribution in [0.25, 0.3) is 0 Å². The molecule has 0 fully saturated rings. The summed E-state index contributed by atoms with van der Waals surface area (Å²) < 4.78 is 0. The third kappa shape index (κ3) is 29.3. The fourth-order valence-electron chi connectivity index (χ4n) is 7.00. The van der Waals surface area contributed by atoms with Crippen LogP contribution in [0.5, 0.6) is 0 Å². The van der Waals surface area contributed by atoms with Crippen LogP contribution in [0.15, 0.2) is 0 Å². The quantitative estimate of drug-likeness (QED) is 0.0321. The van der Waals surface area contributed by atoms with Crippen molar-refractivity contribution in [1.82, 2.24) is 0 Å². The molecule has 0 rings (SSSR count). The Morgan fingerprint density at radius 1 is 0.479 bits per heavy atom. The number of rotatable bonds is 37. The maximum absolute atomic E-state index is 12.9. The molecule has 5 N–H and O–H groups in total. The van der Waals surface area contributed by atoms with E-state index in [2.05, 4.69) is 13.8 Å². The van der Waals surface area contributed by atoms with Gasteiger partial charge in [0.05, 0.1) is 0 Å². The van der Waals surface area contributed by atoms with E-state index in [0.717, 1.165) is 38.5 Å². The number of unbranched alkanes of at least 4 members (excludes halogenated alkanes) is 24. The van der Waals surface area contributed by atoms with Gasteiger partial charge in [0.25, 0.3) is 0 Å². The first-order chi connectivity index (χ1) is 22.9. The molecule has 0 spiro atoms. The molecule has 0 saturated heterocycles. The molecule has 48 heavy (non-hydrogen) atoms. The number of hydrogen-bond donors (Lipinski definition) is 5. The Hall–Kier alpha value is -0.430. The fraction of sp³-hybridized carbons (Fsp3) is 0.950. The first-order valence-electron chi connectivity index (χ1n) is 20.6. The van der Waals surface area contributed by atoms with Gasteiger partial charge in [0.2, 0.25) is 0 Å². The van der Waals surface area contributed by atoms with Crippen molar-refractivity contribution in [2.45, 2.75) is 226 Å². The van der Waals surface area contributed by atoms with Gasteiger partial charge in [0.1, 0.15) is 0 Å². The van der Waals surface area contributed by atoms with Crippen molar-refractivity contribution >= 4 is 18.9 Å². The van der Waals surface area contributed by atoms with Crippen LogP contribution in [0.2, 0.25) is 0 Å². The van der Waals surface area contributed by atoms with Gasteiger partial charge < -0.3 is 0 Å². The van der Waals surface area contributed by atoms with Crippen LogP contribution in [0.3, 0.4) is 0 Å². The summed E-state index contributed by atoms with van der Waals surface area (Å²) in [6.45, 7) is 6.25. The summed E-state index contributed by atoms with van der Waals surface area (Å²) in [5, 5.41) is 21.2. The van der Waals surface area contributed by atoms with E-state index in [1.165, 1.54) is 128 Å². The van der Waals surface area contributed by atoms with Crippen LogP contribution in [-0.2, 0) is 9.59 Å². The van der Waals surface area contributed by atoms with Gasteiger partial charge >= 0.3 is 206 Å². The van der Waals surface area contributed by atoms with Crippen LogP contribution in [0.4, 0.5) is 0 Å². The van der Waals surface area contributed by atoms with E-state index in [1.807, 2.05) is 0 Å². The smallest absolute Gasteiger partial charge is 0.0654 e. The number of Topliss-reactive ketones (excluding diaryl/α,β-unsaturated/α-hetero) is 2. The average molecular weight is 705 g/mol. The fourth-order valence-corrected chi connectivity index (χ4v) is 9.17. The molecule has 0 aliphatic rings. The zero-order valence-corrected chi connectivity index (χ0v) is 32.8. The zero-order chi connectivity index (χ0) is 36.0. The third-order valence-corrected chi connectivity index (χ3v) is 12.3. The molecule has 7 nitrogen and oxygen atoms in total. The van der Waals surface area contributed by atoms with Crippen LogP contribution in [0, 0.1) is 5.92 Å². The van der Waals surface area contributed by atoms with E-state index in [1.54, 1.807) is 6.92 Å². The van der Waals surface area contributed by atoms with Crippen molar-refractivity contribution < 1.29 is 34.5 Å². The normalized spacial score (nSPS) is 14.8. The first kappa shape index (κ1) is 47.6. The second-order valence-electron chi connectivity index (χ2n) is 15.1. The minimum atomic E-state index is -5.46. The van der Waals surface area contributed by atoms with E-state index >= 15 is 0 Å². The Balaban J connectivity index is 4.14. The zero-order valence-electron chi connectivity index (χ0n) is 31.9. The third-order valence-electron chi connectivity index (χ3n) is 10.0. The van der Waals surface area contributed by atoms with Crippen molar-refractivity contribution in [3.63, 3.8) is 0 Å². The molecule has 0 saturated carbocycles. The molecule has 0 aliphatic carbocycles. The van der Waals surface area contributed by atoms with Gasteiger partial charge in [-0.15, -0.1) is 0 Å². The van der Waals surface area contributed by atoms with Crippen molar-refractivity contribution in [3.05, 3.63) is 0 Å². The van der Waals surface area contributed by atoms with Gasteiger partial charge in [-0.1, -0.05) is 90.9 Å². The van der Waals surface area contributed by atoms with Gasteiger partial charge in [-0.25, -0.2) is 0 Å². The monoisotopic (exact) mass is 705 g/mol. The Morgan fingerprint density at radius 3 is 1.17 bits per heavy atom. The van der Waals surface area contributed by atoms with Crippen LogP contribution >= 0.6 is 7.28 Å². The minimum Gasteiger partial charge on any atom is -0.0654 e. The molecule has 0 aliphatic heterocycles. The number of hydrogen-bond acceptors (Lipinski definition) is 7. The molecule has 3 unspecified atom stereocenters. The second-order valence-corrected chi connectivity index (χ2v) is 18.5. The second kappa shape index (κ2) is 30.2. The van der Waals surface area contributed by atoms with Crippen molar-refractivity contribution in [2.24, 2.45) is 5.92 Å². The molecule has 0 aromatic carbocycles. The van der Waals surface area contributed by atoms with E-state index in [0.29, 0.717) is 19.3 Å². The van der Waals surface area contributed by atoms with Crippen LogP contribution in [-0.4, -0.2) is 61.0 Å². The van der Waals surface area contributed by atoms with Gasteiger partial charge in [-0.05, 0) is 0 Å². The predicted molar refractivity (Wildman–Crippen MR) is 204 cm³/mol. The van der Waals surface area contributed by atoms with E-state index in [-0.39, 0.29) is 18.0 Å². The SMILES string of the molecule is CCCCCCCCCCCCCCCC(=O)CC(O)CP(O)(O)(O)CC(O)C(CC)C(=O)CCCCCCCCCCCCCCC.